The van der Waals surface area contributed by atoms with Crippen molar-refractivity contribution >= 4 is 21.8 Å². The standard InChI is InChI=1S/C10H20BrNO/c1-7(11)10(5,6)12-8(13)9(2,3)4/h7H,1-6H3,(H,12,13). The van der Waals surface area contributed by atoms with Gasteiger partial charge in [-0.15, -0.1) is 0 Å². The number of amides is 1. The Morgan fingerprint density at radius 1 is 1.23 bits per heavy atom. The number of alkyl halides is 1. The smallest absolute Gasteiger partial charge is 0.225 e. The van der Waals surface area contributed by atoms with Crippen molar-refractivity contribution in [2.45, 2.75) is 51.9 Å². The molecule has 0 aliphatic carbocycles. The van der Waals surface area contributed by atoms with Crippen LogP contribution in [0.5, 0.6) is 0 Å². The maximum absolute atomic E-state index is 11.7. The van der Waals surface area contributed by atoms with Crippen molar-refractivity contribution in [2.75, 3.05) is 0 Å². The second-order valence-electron chi connectivity index (χ2n) is 5.04. The Kier molecular flexibility index (Phi) is 3.97. The third-order valence-corrected chi connectivity index (χ3v) is 3.26. The van der Waals surface area contributed by atoms with Crippen LogP contribution in [-0.2, 0) is 4.79 Å². The molecule has 0 aromatic heterocycles. The largest absolute Gasteiger partial charge is 0.350 e. The van der Waals surface area contributed by atoms with Gasteiger partial charge in [0.05, 0.1) is 0 Å². The van der Waals surface area contributed by atoms with Crippen LogP contribution in [0, 0.1) is 5.41 Å². The highest BCUT2D eigenvalue weighted by atomic mass is 79.9. The topological polar surface area (TPSA) is 29.1 Å². The minimum absolute atomic E-state index is 0.0869. The van der Waals surface area contributed by atoms with Crippen molar-refractivity contribution in [1.82, 2.24) is 5.32 Å². The van der Waals surface area contributed by atoms with Crippen LogP contribution in [0.2, 0.25) is 0 Å². The molecule has 1 N–H and O–H groups in total. The molecule has 1 unspecified atom stereocenters. The van der Waals surface area contributed by atoms with Crippen LogP contribution in [0.4, 0.5) is 0 Å². The van der Waals surface area contributed by atoms with Crippen LogP contribution >= 0.6 is 15.9 Å². The van der Waals surface area contributed by atoms with E-state index in [2.05, 4.69) is 21.2 Å². The van der Waals surface area contributed by atoms with E-state index in [1.54, 1.807) is 0 Å². The van der Waals surface area contributed by atoms with Crippen molar-refractivity contribution < 1.29 is 4.79 Å². The second-order valence-corrected chi connectivity index (χ2v) is 6.42. The quantitative estimate of drug-likeness (QED) is 0.750. The average molecular weight is 250 g/mol. The van der Waals surface area contributed by atoms with E-state index < -0.39 is 0 Å². The molecule has 0 fully saturated rings. The van der Waals surface area contributed by atoms with E-state index in [1.807, 2.05) is 41.5 Å². The van der Waals surface area contributed by atoms with Crippen LogP contribution < -0.4 is 5.32 Å². The first-order valence-corrected chi connectivity index (χ1v) is 5.45. The fraction of sp³-hybridized carbons (Fsp3) is 0.900. The molecule has 2 nitrogen and oxygen atoms in total. The molecule has 0 aromatic carbocycles. The van der Waals surface area contributed by atoms with Crippen LogP contribution in [0.15, 0.2) is 0 Å². The normalized spacial score (nSPS) is 15.3. The van der Waals surface area contributed by atoms with Crippen LogP contribution in [0.25, 0.3) is 0 Å². The molecular weight excluding hydrogens is 230 g/mol. The molecule has 0 aliphatic heterocycles. The summed E-state index contributed by atoms with van der Waals surface area (Å²) in [5.74, 6) is 0.0869. The van der Waals surface area contributed by atoms with Crippen molar-refractivity contribution in [3.8, 4) is 0 Å². The highest BCUT2D eigenvalue weighted by Crippen LogP contribution is 2.20. The van der Waals surface area contributed by atoms with Crippen molar-refractivity contribution in [1.29, 1.82) is 0 Å². The van der Waals surface area contributed by atoms with Crippen molar-refractivity contribution in [3.05, 3.63) is 0 Å². The summed E-state index contributed by atoms with van der Waals surface area (Å²) in [5, 5.41) is 3.01. The predicted molar refractivity (Wildman–Crippen MR) is 60.1 cm³/mol. The van der Waals surface area contributed by atoms with E-state index in [-0.39, 0.29) is 21.7 Å². The van der Waals surface area contributed by atoms with Gasteiger partial charge in [-0.05, 0) is 13.8 Å². The molecule has 0 aromatic rings. The number of halogens is 1. The summed E-state index contributed by atoms with van der Waals surface area (Å²) in [6.07, 6.45) is 0. The van der Waals surface area contributed by atoms with E-state index in [1.165, 1.54) is 0 Å². The molecule has 0 aliphatic rings. The molecule has 0 heterocycles. The summed E-state index contributed by atoms with van der Waals surface area (Å²) in [4.78, 5) is 11.9. The van der Waals surface area contributed by atoms with Gasteiger partial charge >= 0.3 is 0 Å². The van der Waals surface area contributed by atoms with Gasteiger partial charge in [0.15, 0.2) is 0 Å². The van der Waals surface area contributed by atoms with Gasteiger partial charge in [-0.25, -0.2) is 0 Å². The van der Waals surface area contributed by atoms with E-state index in [0.29, 0.717) is 0 Å². The molecule has 0 saturated heterocycles. The maximum atomic E-state index is 11.7. The van der Waals surface area contributed by atoms with Crippen LogP contribution in [-0.4, -0.2) is 16.3 Å². The Labute approximate surface area is 89.6 Å². The number of carbonyl (C=O) groups excluding carboxylic acids is 1. The molecule has 0 bridgehead atoms. The minimum atomic E-state index is -0.320. The van der Waals surface area contributed by atoms with Crippen LogP contribution in [0.3, 0.4) is 0 Å². The molecule has 0 spiro atoms. The molecule has 0 saturated carbocycles. The lowest BCUT2D eigenvalue weighted by Crippen LogP contribution is -2.52. The first kappa shape index (κ1) is 12.9. The first-order chi connectivity index (χ1) is 5.57. The highest BCUT2D eigenvalue weighted by Gasteiger charge is 2.30. The van der Waals surface area contributed by atoms with E-state index in [0.717, 1.165) is 0 Å². The fourth-order valence-corrected chi connectivity index (χ4v) is 0.694. The number of hydrogen-bond donors (Lipinski definition) is 1. The van der Waals surface area contributed by atoms with Gasteiger partial charge in [0.2, 0.25) is 5.91 Å². The molecule has 78 valence electrons. The summed E-state index contributed by atoms with van der Waals surface area (Å²) >= 11 is 3.48. The average Bonchev–Trinajstić information content (AvgIpc) is 1.83. The Bertz CT molecular complexity index is 192. The predicted octanol–water partition coefficient (Wildman–Crippen LogP) is 2.71. The lowest BCUT2D eigenvalue weighted by molar-refractivity contribution is -0.130. The van der Waals surface area contributed by atoms with Gasteiger partial charge in [0, 0.05) is 15.8 Å². The zero-order valence-electron chi connectivity index (χ0n) is 9.36. The highest BCUT2D eigenvalue weighted by molar-refractivity contribution is 9.09. The van der Waals surface area contributed by atoms with Crippen molar-refractivity contribution in [3.63, 3.8) is 0 Å². The summed E-state index contributed by atoms with van der Waals surface area (Å²) in [6, 6.07) is 0. The third-order valence-electron chi connectivity index (χ3n) is 2.11. The van der Waals surface area contributed by atoms with E-state index in [4.69, 9.17) is 0 Å². The van der Waals surface area contributed by atoms with Gasteiger partial charge in [-0.3, -0.25) is 4.79 Å². The zero-order valence-corrected chi connectivity index (χ0v) is 10.9. The summed E-state index contributed by atoms with van der Waals surface area (Å²) in [6.45, 7) is 11.8. The Morgan fingerprint density at radius 3 is 1.85 bits per heavy atom. The molecule has 1 amide bonds. The molecule has 0 rings (SSSR count). The third kappa shape index (κ3) is 4.12. The zero-order chi connectivity index (χ0) is 10.9. The Morgan fingerprint density at radius 2 is 1.62 bits per heavy atom. The SMILES string of the molecule is CC(Br)C(C)(C)NC(=O)C(C)(C)C. The number of carbonyl (C=O) groups is 1. The lowest BCUT2D eigenvalue weighted by Gasteiger charge is -2.32. The van der Waals surface area contributed by atoms with Gasteiger partial charge in [-0.1, -0.05) is 43.6 Å². The van der Waals surface area contributed by atoms with E-state index >= 15 is 0 Å². The molecular formula is C10H20BrNO. The van der Waals surface area contributed by atoms with Gasteiger partial charge in [0.1, 0.15) is 0 Å². The van der Waals surface area contributed by atoms with Gasteiger partial charge in [-0.2, -0.15) is 0 Å². The minimum Gasteiger partial charge on any atom is -0.350 e. The van der Waals surface area contributed by atoms with Gasteiger partial charge < -0.3 is 5.32 Å². The molecule has 13 heavy (non-hydrogen) atoms. The maximum Gasteiger partial charge on any atom is 0.225 e. The summed E-state index contributed by atoms with van der Waals surface area (Å²) in [7, 11) is 0. The first-order valence-electron chi connectivity index (χ1n) is 4.54. The van der Waals surface area contributed by atoms with Crippen molar-refractivity contribution in [2.24, 2.45) is 5.41 Å². The Balaban J connectivity index is 4.38. The van der Waals surface area contributed by atoms with Gasteiger partial charge in [0.25, 0.3) is 0 Å². The van der Waals surface area contributed by atoms with E-state index in [9.17, 15) is 4.79 Å². The number of nitrogens with one attached hydrogen (secondary N) is 1. The molecule has 0 radical (unpaired) electrons. The molecule has 1 atom stereocenters. The monoisotopic (exact) mass is 249 g/mol. The Hall–Kier alpha value is -0.0500. The molecule has 3 heteroatoms. The summed E-state index contributed by atoms with van der Waals surface area (Å²) < 4.78 is 0. The lowest BCUT2D eigenvalue weighted by atomic mass is 9.92. The fourth-order valence-electron chi connectivity index (χ4n) is 0.580. The second kappa shape index (κ2) is 3.99. The number of rotatable bonds is 2. The van der Waals surface area contributed by atoms with Crippen LogP contribution in [0.1, 0.15) is 41.5 Å². The number of hydrogen-bond acceptors (Lipinski definition) is 1. The summed E-state index contributed by atoms with van der Waals surface area (Å²) in [5.41, 5.74) is -0.524.